The van der Waals surface area contributed by atoms with Gasteiger partial charge in [-0.2, -0.15) is 5.10 Å². The van der Waals surface area contributed by atoms with Crippen LogP contribution < -0.4 is 5.32 Å². The molecule has 0 aromatic carbocycles. The van der Waals surface area contributed by atoms with E-state index in [4.69, 9.17) is 4.74 Å². The van der Waals surface area contributed by atoms with E-state index < -0.39 is 0 Å². The second-order valence-electron chi connectivity index (χ2n) is 4.49. The van der Waals surface area contributed by atoms with Crippen molar-refractivity contribution in [3.63, 3.8) is 0 Å². The second-order valence-corrected chi connectivity index (χ2v) is 4.49. The Labute approximate surface area is 109 Å². The standard InChI is InChI=1S/C12H25N5O/c1-4-6-17-12(14-11-15-17)10-13-5-8-18-9-7-16(2)3/h11,13H,4-10H2,1-3H3. The summed E-state index contributed by atoms with van der Waals surface area (Å²) in [5.41, 5.74) is 0. The molecule has 0 saturated heterocycles. The molecule has 1 aromatic heterocycles. The Balaban J connectivity index is 2.05. The molecule has 0 aliphatic carbocycles. The van der Waals surface area contributed by atoms with Crippen LogP contribution in [0, 0.1) is 0 Å². The maximum absolute atomic E-state index is 5.49. The Morgan fingerprint density at radius 1 is 1.39 bits per heavy atom. The van der Waals surface area contributed by atoms with Crippen LogP contribution in [0.1, 0.15) is 19.2 Å². The van der Waals surface area contributed by atoms with Gasteiger partial charge in [-0.25, -0.2) is 9.67 Å². The van der Waals surface area contributed by atoms with Crippen molar-refractivity contribution in [2.45, 2.75) is 26.4 Å². The highest BCUT2D eigenvalue weighted by atomic mass is 16.5. The summed E-state index contributed by atoms with van der Waals surface area (Å²) < 4.78 is 7.44. The van der Waals surface area contributed by atoms with Gasteiger partial charge in [-0.1, -0.05) is 6.92 Å². The van der Waals surface area contributed by atoms with Gasteiger partial charge in [0, 0.05) is 19.6 Å². The molecule has 0 atom stereocenters. The number of ether oxygens (including phenoxy) is 1. The van der Waals surface area contributed by atoms with Crippen LogP contribution in [-0.4, -0.2) is 60.1 Å². The average Bonchev–Trinajstić information content (AvgIpc) is 2.76. The van der Waals surface area contributed by atoms with Gasteiger partial charge in [0.1, 0.15) is 12.2 Å². The molecule has 1 rings (SSSR count). The Bertz CT molecular complexity index is 313. The molecule has 0 saturated carbocycles. The van der Waals surface area contributed by atoms with Gasteiger partial charge in [-0.05, 0) is 20.5 Å². The van der Waals surface area contributed by atoms with E-state index in [1.54, 1.807) is 6.33 Å². The summed E-state index contributed by atoms with van der Waals surface area (Å²) in [6, 6.07) is 0. The number of nitrogens with one attached hydrogen (secondary N) is 1. The Morgan fingerprint density at radius 3 is 2.94 bits per heavy atom. The van der Waals surface area contributed by atoms with Gasteiger partial charge in [0.25, 0.3) is 0 Å². The van der Waals surface area contributed by atoms with E-state index in [9.17, 15) is 0 Å². The molecule has 0 aliphatic rings. The Morgan fingerprint density at radius 2 is 2.22 bits per heavy atom. The van der Waals surface area contributed by atoms with Crippen LogP contribution in [0.15, 0.2) is 6.33 Å². The van der Waals surface area contributed by atoms with Crippen molar-refractivity contribution in [2.75, 3.05) is 40.4 Å². The van der Waals surface area contributed by atoms with E-state index in [0.29, 0.717) is 0 Å². The lowest BCUT2D eigenvalue weighted by Crippen LogP contribution is -2.24. The minimum atomic E-state index is 0.732. The molecular weight excluding hydrogens is 230 g/mol. The molecule has 1 N–H and O–H groups in total. The summed E-state index contributed by atoms with van der Waals surface area (Å²) in [4.78, 5) is 6.35. The number of nitrogens with zero attached hydrogens (tertiary/aromatic N) is 4. The van der Waals surface area contributed by atoms with Gasteiger partial charge >= 0.3 is 0 Å². The lowest BCUT2D eigenvalue weighted by atomic mass is 10.4. The first kappa shape index (κ1) is 15.1. The normalized spacial score (nSPS) is 11.3. The zero-order valence-electron chi connectivity index (χ0n) is 11.7. The first-order valence-corrected chi connectivity index (χ1v) is 6.54. The number of aromatic nitrogens is 3. The van der Waals surface area contributed by atoms with Crippen LogP contribution >= 0.6 is 0 Å². The highest BCUT2D eigenvalue weighted by Gasteiger charge is 2.02. The number of aryl methyl sites for hydroxylation is 1. The van der Waals surface area contributed by atoms with Crippen molar-refractivity contribution >= 4 is 0 Å². The average molecular weight is 255 g/mol. The van der Waals surface area contributed by atoms with Gasteiger partial charge in [0.05, 0.1) is 19.8 Å². The second kappa shape index (κ2) is 9.02. The van der Waals surface area contributed by atoms with Crippen LogP contribution in [-0.2, 0) is 17.8 Å². The third-order valence-electron chi connectivity index (χ3n) is 2.52. The van der Waals surface area contributed by atoms with Gasteiger partial charge in [0.2, 0.25) is 0 Å². The molecule has 1 heterocycles. The van der Waals surface area contributed by atoms with Crippen LogP contribution in [0.4, 0.5) is 0 Å². The summed E-state index contributed by atoms with van der Waals surface area (Å²) in [6.07, 6.45) is 2.68. The quantitative estimate of drug-likeness (QED) is 0.612. The minimum absolute atomic E-state index is 0.732. The van der Waals surface area contributed by atoms with Crippen molar-refractivity contribution in [3.05, 3.63) is 12.2 Å². The maximum atomic E-state index is 5.49. The van der Waals surface area contributed by atoms with E-state index in [1.165, 1.54) is 0 Å². The molecule has 6 heteroatoms. The molecule has 18 heavy (non-hydrogen) atoms. The first-order valence-electron chi connectivity index (χ1n) is 6.54. The number of likely N-dealkylation sites (N-methyl/N-ethyl adjacent to an activating group) is 1. The van der Waals surface area contributed by atoms with Gasteiger partial charge in [-0.15, -0.1) is 0 Å². The highest BCUT2D eigenvalue weighted by molar-refractivity contribution is 4.83. The number of hydrogen-bond donors (Lipinski definition) is 1. The lowest BCUT2D eigenvalue weighted by molar-refractivity contribution is 0.119. The molecule has 0 aliphatic heterocycles. The van der Waals surface area contributed by atoms with E-state index in [1.807, 2.05) is 18.8 Å². The Kier molecular flexibility index (Phi) is 7.55. The minimum Gasteiger partial charge on any atom is -0.379 e. The molecule has 0 radical (unpaired) electrons. The maximum Gasteiger partial charge on any atom is 0.140 e. The number of hydrogen-bond acceptors (Lipinski definition) is 5. The number of rotatable bonds is 10. The zero-order valence-corrected chi connectivity index (χ0v) is 11.7. The van der Waals surface area contributed by atoms with E-state index in [-0.39, 0.29) is 0 Å². The molecule has 104 valence electrons. The molecule has 0 amide bonds. The molecule has 1 aromatic rings. The predicted octanol–water partition coefficient (Wildman–Crippen LogP) is 0.356. The van der Waals surface area contributed by atoms with Crippen LogP contribution in [0.3, 0.4) is 0 Å². The van der Waals surface area contributed by atoms with Crippen molar-refractivity contribution in [1.82, 2.24) is 25.0 Å². The van der Waals surface area contributed by atoms with Crippen molar-refractivity contribution in [1.29, 1.82) is 0 Å². The van der Waals surface area contributed by atoms with Gasteiger partial charge in [-0.3, -0.25) is 0 Å². The fourth-order valence-electron chi connectivity index (χ4n) is 1.52. The first-order chi connectivity index (χ1) is 8.74. The van der Waals surface area contributed by atoms with Gasteiger partial charge in [0.15, 0.2) is 0 Å². The smallest absolute Gasteiger partial charge is 0.140 e. The molecule has 0 bridgehead atoms. The summed E-state index contributed by atoms with van der Waals surface area (Å²) >= 11 is 0. The SMILES string of the molecule is CCCn1ncnc1CNCCOCCN(C)C. The van der Waals surface area contributed by atoms with E-state index in [0.717, 1.165) is 51.6 Å². The Hall–Kier alpha value is -0.980. The molecule has 0 spiro atoms. The largest absolute Gasteiger partial charge is 0.379 e. The fraction of sp³-hybridized carbons (Fsp3) is 0.833. The summed E-state index contributed by atoms with van der Waals surface area (Å²) in [7, 11) is 4.09. The van der Waals surface area contributed by atoms with Crippen molar-refractivity contribution in [3.8, 4) is 0 Å². The highest BCUT2D eigenvalue weighted by Crippen LogP contribution is 1.95. The van der Waals surface area contributed by atoms with Crippen LogP contribution in [0.25, 0.3) is 0 Å². The van der Waals surface area contributed by atoms with Crippen LogP contribution in [0.5, 0.6) is 0 Å². The van der Waals surface area contributed by atoms with E-state index in [2.05, 4.69) is 27.2 Å². The topological polar surface area (TPSA) is 55.2 Å². The molecule has 6 nitrogen and oxygen atoms in total. The lowest BCUT2D eigenvalue weighted by Gasteiger charge is -2.10. The van der Waals surface area contributed by atoms with Gasteiger partial charge < -0.3 is 15.0 Å². The third-order valence-corrected chi connectivity index (χ3v) is 2.52. The fourth-order valence-corrected chi connectivity index (χ4v) is 1.52. The monoisotopic (exact) mass is 255 g/mol. The van der Waals surface area contributed by atoms with E-state index >= 15 is 0 Å². The van der Waals surface area contributed by atoms with Crippen LogP contribution in [0.2, 0.25) is 0 Å². The molecule has 0 unspecified atom stereocenters. The summed E-state index contributed by atoms with van der Waals surface area (Å²) in [6.45, 7) is 7.12. The molecular formula is C12H25N5O. The third kappa shape index (κ3) is 6.09. The summed E-state index contributed by atoms with van der Waals surface area (Å²) in [5, 5.41) is 7.50. The van der Waals surface area contributed by atoms with Crippen molar-refractivity contribution < 1.29 is 4.74 Å². The van der Waals surface area contributed by atoms with Crippen molar-refractivity contribution in [2.24, 2.45) is 0 Å². The summed E-state index contributed by atoms with van der Waals surface area (Å²) in [5.74, 6) is 0.991. The predicted molar refractivity (Wildman–Crippen MR) is 71.4 cm³/mol. The molecule has 0 fully saturated rings. The zero-order chi connectivity index (χ0) is 13.2.